The normalized spacial score (nSPS) is 10.8. The van der Waals surface area contributed by atoms with E-state index < -0.39 is 29.9 Å². The van der Waals surface area contributed by atoms with E-state index in [1.165, 1.54) is 0 Å². The number of pyridine rings is 1. The molecule has 4 nitrogen and oxygen atoms in total. The lowest BCUT2D eigenvalue weighted by Crippen LogP contribution is -2.20. The summed E-state index contributed by atoms with van der Waals surface area (Å²) in [7, 11) is 0. The van der Waals surface area contributed by atoms with Crippen molar-refractivity contribution >= 4 is 17.6 Å². The largest absolute Gasteiger partial charge is 0.481 e. The summed E-state index contributed by atoms with van der Waals surface area (Å²) in [4.78, 5) is 24.2. The lowest BCUT2D eigenvalue weighted by molar-refractivity contribution is -0.136. The van der Waals surface area contributed by atoms with Crippen LogP contribution in [0.5, 0.6) is 0 Å². The Morgan fingerprint density at radius 2 is 2.19 bits per heavy atom. The van der Waals surface area contributed by atoms with E-state index in [0.29, 0.717) is 0 Å². The SMILES string of the molecule is O=C(O)Cc1c[nH]c(C(F)F)c(CCl)c1=O. The molecule has 0 saturated heterocycles. The number of hydrogen-bond acceptors (Lipinski definition) is 2. The molecular formula is C9H8ClF2NO3. The zero-order valence-electron chi connectivity index (χ0n) is 7.97. The van der Waals surface area contributed by atoms with Gasteiger partial charge in [0, 0.05) is 17.3 Å². The van der Waals surface area contributed by atoms with Gasteiger partial charge in [0.05, 0.1) is 18.0 Å². The molecule has 0 fully saturated rings. The molecule has 1 rings (SSSR count). The first-order chi connectivity index (χ1) is 7.47. The van der Waals surface area contributed by atoms with Gasteiger partial charge < -0.3 is 10.1 Å². The van der Waals surface area contributed by atoms with Crippen molar-refractivity contribution in [3.05, 3.63) is 33.2 Å². The van der Waals surface area contributed by atoms with Crippen molar-refractivity contribution in [2.45, 2.75) is 18.7 Å². The van der Waals surface area contributed by atoms with Gasteiger partial charge in [0.15, 0.2) is 5.43 Å². The summed E-state index contributed by atoms with van der Waals surface area (Å²) < 4.78 is 24.9. The number of aromatic nitrogens is 1. The van der Waals surface area contributed by atoms with Crippen molar-refractivity contribution in [3.63, 3.8) is 0 Å². The number of carboxylic acids is 1. The highest BCUT2D eigenvalue weighted by atomic mass is 35.5. The molecule has 0 aliphatic rings. The number of aliphatic carboxylic acids is 1. The smallest absolute Gasteiger partial charge is 0.308 e. The van der Waals surface area contributed by atoms with Crippen LogP contribution in [-0.2, 0) is 17.1 Å². The first-order valence-electron chi connectivity index (χ1n) is 4.26. The predicted molar refractivity (Wildman–Crippen MR) is 52.9 cm³/mol. The molecule has 0 unspecified atom stereocenters. The zero-order chi connectivity index (χ0) is 12.3. The maximum Gasteiger partial charge on any atom is 0.308 e. The average molecular weight is 252 g/mol. The third kappa shape index (κ3) is 2.57. The van der Waals surface area contributed by atoms with E-state index in [4.69, 9.17) is 16.7 Å². The molecule has 0 atom stereocenters. The molecule has 0 spiro atoms. The van der Waals surface area contributed by atoms with Gasteiger partial charge in [0.2, 0.25) is 0 Å². The Bertz CT molecular complexity index is 459. The van der Waals surface area contributed by atoms with E-state index >= 15 is 0 Å². The standard InChI is InChI=1S/C9H8ClF2NO3/c10-2-5-7(9(11)12)13-3-4(8(5)16)1-6(14)15/h3,9H,1-2H2,(H,13,16)(H,14,15). The molecule has 0 radical (unpaired) electrons. The Balaban J connectivity index is 3.29. The van der Waals surface area contributed by atoms with Crippen LogP contribution in [0.2, 0.25) is 0 Å². The molecule has 88 valence electrons. The number of alkyl halides is 3. The number of H-pyrrole nitrogens is 1. The van der Waals surface area contributed by atoms with E-state index in [9.17, 15) is 18.4 Å². The summed E-state index contributed by atoms with van der Waals surface area (Å²) in [6, 6.07) is 0. The molecular weight excluding hydrogens is 244 g/mol. The minimum Gasteiger partial charge on any atom is -0.481 e. The Kier molecular flexibility index (Phi) is 4.00. The molecule has 0 bridgehead atoms. The van der Waals surface area contributed by atoms with Crippen LogP contribution in [0, 0.1) is 0 Å². The number of halogens is 3. The Labute approximate surface area is 93.9 Å². The van der Waals surface area contributed by atoms with Crippen LogP contribution < -0.4 is 5.43 Å². The highest BCUT2D eigenvalue weighted by molar-refractivity contribution is 6.17. The van der Waals surface area contributed by atoms with Crippen LogP contribution in [-0.4, -0.2) is 16.1 Å². The molecule has 16 heavy (non-hydrogen) atoms. The van der Waals surface area contributed by atoms with Crippen LogP contribution in [0.1, 0.15) is 23.2 Å². The third-order valence-electron chi connectivity index (χ3n) is 1.99. The first-order valence-corrected chi connectivity index (χ1v) is 4.80. The van der Waals surface area contributed by atoms with E-state index in [1.54, 1.807) is 0 Å². The van der Waals surface area contributed by atoms with Gasteiger partial charge in [-0.15, -0.1) is 11.6 Å². The fourth-order valence-electron chi connectivity index (χ4n) is 1.26. The summed E-state index contributed by atoms with van der Waals surface area (Å²) >= 11 is 5.39. The van der Waals surface area contributed by atoms with Crippen molar-refractivity contribution in [1.82, 2.24) is 4.98 Å². The number of carboxylic acid groups (broad SMARTS) is 1. The van der Waals surface area contributed by atoms with Gasteiger partial charge in [0.25, 0.3) is 6.43 Å². The lowest BCUT2D eigenvalue weighted by Gasteiger charge is -2.07. The topological polar surface area (TPSA) is 70.2 Å². The maximum absolute atomic E-state index is 12.4. The summed E-state index contributed by atoms with van der Waals surface area (Å²) in [5.74, 6) is -1.60. The fraction of sp³-hybridized carbons (Fsp3) is 0.333. The highest BCUT2D eigenvalue weighted by Crippen LogP contribution is 2.19. The monoisotopic (exact) mass is 251 g/mol. The molecule has 7 heteroatoms. The second-order valence-electron chi connectivity index (χ2n) is 3.04. The highest BCUT2D eigenvalue weighted by Gasteiger charge is 2.18. The fourth-order valence-corrected chi connectivity index (χ4v) is 1.52. The quantitative estimate of drug-likeness (QED) is 0.800. The van der Waals surface area contributed by atoms with Crippen molar-refractivity contribution in [2.75, 3.05) is 0 Å². The van der Waals surface area contributed by atoms with Crippen LogP contribution >= 0.6 is 11.6 Å². The molecule has 0 aliphatic heterocycles. The second-order valence-corrected chi connectivity index (χ2v) is 3.31. The van der Waals surface area contributed by atoms with Gasteiger partial charge in [-0.25, -0.2) is 8.78 Å². The van der Waals surface area contributed by atoms with Crippen molar-refractivity contribution in [3.8, 4) is 0 Å². The molecule has 0 aromatic carbocycles. The molecule has 1 aromatic rings. The van der Waals surface area contributed by atoms with Gasteiger partial charge in [-0.05, 0) is 0 Å². The summed E-state index contributed by atoms with van der Waals surface area (Å²) in [6.07, 6.45) is -2.39. The Morgan fingerprint density at radius 3 is 2.62 bits per heavy atom. The van der Waals surface area contributed by atoms with Crippen LogP contribution in [0.3, 0.4) is 0 Å². The summed E-state index contributed by atoms with van der Waals surface area (Å²) in [6.45, 7) is 0. The molecule has 0 amide bonds. The van der Waals surface area contributed by atoms with Crippen molar-refractivity contribution < 1.29 is 18.7 Å². The van der Waals surface area contributed by atoms with E-state index in [2.05, 4.69) is 4.98 Å². The van der Waals surface area contributed by atoms with Crippen molar-refractivity contribution in [1.29, 1.82) is 0 Å². The number of carbonyl (C=O) groups is 1. The van der Waals surface area contributed by atoms with Gasteiger partial charge in [-0.3, -0.25) is 9.59 Å². The van der Waals surface area contributed by atoms with Gasteiger partial charge in [0.1, 0.15) is 0 Å². The molecule has 1 heterocycles. The predicted octanol–water partition coefficient (Wildman–Crippen LogP) is 1.68. The van der Waals surface area contributed by atoms with Gasteiger partial charge in [-0.1, -0.05) is 0 Å². The first kappa shape index (κ1) is 12.6. The zero-order valence-corrected chi connectivity index (χ0v) is 8.72. The summed E-state index contributed by atoms with van der Waals surface area (Å²) in [5.41, 5.74) is -1.68. The van der Waals surface area contributed by atoms with E-state index in [-0.39, 0.29) is 17.0 Å². The van der Waals surface area contributed by atoms with Crippen LogP contribution in [0.4, 0.5) is 8.78 Å². The Morgan fingerprint density at radius 1 is 1.56 bits per heavy atom. The minimum absolute atomic E-state index is 0.0902. The van der Waals surface area contributed by atoms with E-state index in [0.717, 1.165) is 6.20 Å². The van der Waals surface area contributed by atoms with E-state index in [1.807, 2.05) is 0 Å². The maximum atomic E-state index is 12.4. The van der Waals surface area contributed by atoms with Gasteiger partial charge >= 0.3 is 5.97 Å². The average Bonchev–Trinajstić information content (AvgIpc) is 2.19. The Hall–Kier alpha value is -1.43. The minimum atomic E-state index is -2.85. The lowest BCUT2D eigenvalue weighted by atomic mass is 10.1. The van der Waals surface area contributed by atoms with Crippen LogP contribution in [0.15, 0.2) is 11.0 Å². The van der Waals surface area contributed by atoms with Crippen molar-refractivity contribution in [2.24, 2.45) is 0 Å². The molecule has 0 aliphatic carbocycles. The number of rotatable bonds is 4. The molecule has 1 aromatic heterocycles. The van der Waals surface area contributed by atoms with Gasteiger partial charge in [-0.2, -0.15) is 0 Å². The third-order valence-corrected chi connectivity index (χ3v) is 2.25. The summed E-state index contributed by atoms with van der Waals surface area (Å²) in [5, 5.41) is 8.50. The van der Waals surface area contributed by atoms with Crippen LogP contribution in [0.25, 0.3) is 0 Å². The number of aromatic amines is 1. The molecule has 2 N–H and O–H groups in total. The second kappa shape index (κ2) is 5.07. The molecule has 0 saturated carbocycles. The number of nitrogens with one attached hydrogen (secondary N) is 1. The number of hydrogen-bond donors (Lipinski definition) is 2.